The molecule has 2 aromatic carbocycles. The minimum absolute atomic E-state index is 0.142. The molecule has 8 heteroatoms. The predicted molar refractivity (Wildman–Crippen MR) is 104 cm³/mol. The van der Waals surface area contributed by atoms with Crippen LogP contribution in [0.4, 0.5) is 0 Å². The first kappa shape index (κ1) is 18.9. The second kappa shape index (κ2) is 6.70. The zero-order valence-corrected chi connectivity index (χ0v) is 16.9. The number of hydrogen-bond donors (Lipinski definition) is 1. The largest absolute Gasteiger partial charge is 0.493 e. The van der Waals surface area contributed by atoms with Crippen molar-refractivity contribution in [3.63, 3.8) is 0 Å². The molecule has 1 N–H and O–H groups in total. The van der Waals surface area contributed by atoms with Crippen molar-refractivity contribution >= 4 is 5.97 Å². The molecule has 5 rings (SSSR count). The van der Waals surface area contributed by atoms with E-state index in [1.165, 1.54) is 21.3 Å². The summed E-state index contributed by atoms with van der Waals surface area (Å²) in [6.45, 7) is 0.299. The lowest BCUT2D eigenvalue weighted by molar-refractivity contribution is -0.156. The number of carbonyl (C=O) groups is 1. The third kappa shape index (κ3) is 2.46. The highest BCUT2D eigenvalue weighted by atomic mass is 16.7. The van der Waals surface area contributed by atoms with Gasteiger partial charge >= 0.3 is 5.97 Å². The molecule has 1 aliphatic carbocycles. The van der Waals surface area contributed by atoms with Crippen LogP contribution in [-0.4, -0.2) is 51.4 Å². The van der Waals surface area contributed by atoms with Crippen molar-refractivity contribution in [1.29, 1.82) is 0 Å². The summed E-state index contributed by atoms with van der Waals surface area (Å²) in [5, 5.41) is 11.7. The van der Waals surface area contributed by atoms with Crippen LogP contribution < -0.4 is 23.7 Å². The number of methoxy groups -OCH3 is 3. The molecule has 158 valence electrons. The molecule has 0 amide bonds. The fourth-order valence-electron chi connectivity index (χ4n) is 4.80. The van der Waals surface area contributed by atoms with Gasteiger partial charge in [-0.05, 0) is 47.4 Å². The number of rotatable bonds is 4. The monoisotopic (exact) mass is 414 g/mol. The molecule has 2 heterocycles. The Balaban J connectivity index is 1.76. The van der Waals surface area contributed by atoms with Crippen LogP contribution in [0.2, 0.25) is 0 Å². The van der Waals surface area contributed by atoms with Crippen molar-refractivity contribution in [2.75, 3.05) is 34.7 Å². The van der Waals surface area contributed by atoms with Crippen molar-refractivity contribution in [2.24, 2.45) is 5.92 Å². The minimum atomic E-state index is -1.72. The van der Waals surface area contributed by atoms with E-state index in [4.69, 9.17) is 28.4 Å². The van der Waals surface area contributed by atoms with Crippen LogP contribution in [0.1, 0.15) is 22.6 Å². The van der Waals surface area contributed by atoms with Gasteiger partial charge < -0.3 is 33.5 Å². The summed E-state index contributed by atoms with van der Waals surface area (Å²) in [6, 6.07) is 7.27. The fraction of sp³-hybridized carbons (Fsp3) is 0.409. The zero-order valence-electron chi connectivity index (χ0n) is 16.9. The first-order valence-electron chi connectivity index (χ1n) is 9.63. The highest BCUT2D eigenvalue weighted by Gasteiger charge is 2.60. The molecule has 2 aliphatic heterocycles. The van der Waals surface area contributed by atoms with Crippen LogP contribution >= 0.6 is 0 Å². The standard InChI is InChI=1S/C22H22O8/c1-25-17-6-12(7-18(26-2)20(17)27-3)19-14-8-16-15(29-10-30-16)5-11(14)4-13-9-28-21(23)22(13,19)24/h5-8,13,19,24H,4,9-10H2,1-3H3/t13-,19+,22-/m0/s1. The molecular formula is C22H22O8. The maximum atomic E-state index is 12.8. The molecule has 0 aromatic heterocycles. The first-order valence-corrected chi connectivity index (χ1v) is 9.63. The topological polar surface area (TPSA) is 92.7 Å². The van der Waals surface area contributed by atoms with E-state index in [0.29, 0.717) is 40.7 Å². The van der Waals surface area contributed by atoms with Crippen LogP contribution in [-0.2, 0) is 16.0 Å². The fourth-order valence-corrected chi connectivity index (χ4v) is 4.80. The Morgan fingerprint density at radius 1 is 0.967 bits per heavy atom. The SMILES string of the molecule is COc1cc([C@@H]2c3cc4c(cc3C[C@H]3COC(=O)[C@]32O)OCO4)cc(OC)c1OC. The molecule has 3 atom stereocenters. The molecule has 0 radical (unpaired) electrons. The van der Waals surface area contributed by atoms with Crippen LogP contribution in [0.25, 0.3) is 0 Å². The number of esters is 1. The summed E-state index contributed by atoms with van der Waals surface area (Å²) >= 11 is 0. The highest BCUT2D eigenvalue weighted by molar-refractivity contribution is 5.85. The van der Waals surface area contributed by atoms with E-state index < -0.39 is 17.5 Å². The molecule has 2 aromatic rings. The van der Waals surface area contributed by atoms with Crippen LogP contribution in [0.3, 0.4) is 0 Å². The average molecular weight is 414 g/mol. The van der Waals surface area contributed by atoms with Crippen molar-refractivity contribution in [2.45, 2.75) is 17.9 Å². The van der Waals surface area contributed by atoms with Crippen molar-refractivity contribution in [3.8, 4) is 28.7 Å². The number of fused-ring (bicyclic) bond motifs is 3. The molecule has 30 heavy (non-hydrogen) atoms. The highest BCUT2D eigenvalue weighted by Crippen LogP contribution is 2.54. The number of carbonyl (C=O) groups excluding carboxylic acids is 1. The Hall–Kier alpha value is -3.13. The van der Waals surface area contributed by atoms with Gasteiger partial charge in [-0.15, -0.1) is 0 Å². The second-order valence-electron chi connectivity index (χ2n) is 7.62. The minimum Gasteiger partial charge on any atom is -0.493 e. The third-order valence-corrected chi connectivity index (χ3v) is 6.24. The molecule has 3 aliphatic rings. The van der Waals surface area contributed by atoms with E-state index in [1.54, 1.807) is 12.1 Å². The number of hydrogen-bond acceptors (Lipinski definition) is 8. The molecule has 0 saturated carbocycles. The van der Waals surface area contributed by atoms with E-state index in [1.807, 2.05) is 12.1 Å². The maximum Gasteiger partial charge on any atom is 0.339 e. The molecule has 8 nitrogen and oxygen atoms in total. The molecular weight excluding hydrogens is 392 g/mol. The summed E-state index contributed by atoms with van der Waals surface area (Å²) in [4.78, 5) is 12.8. The Kier molecular flexibility index (Phi) is 4.21. The van der Waals surface area contributed by atoms with Gasteiger partial charge in [0.2, 0.25) is 12.5 Å². The van der Waals surface area contributed by atoms with Crippen LogP contribution in [0.5, 0.6) is 28.7 Å². The van der Waals surface area contributed by atoms with E-state index >= 15 is 0 Å². The van der Waals surface area contributed by atoms with E-state index in [9.17, 15) is 9.90 Å². The number of benzene rings is 2. The molecule has 1 saturated heterocycles. The van der Waals surface area contributed by atoms with E-state index in [-0.39, 0.29) is 19.3 Å². The molecule has 0 unspecified atom stereocenters. The Morgan fingerprint density at radius 2 is 1.63 bits per heavy atom. The number of cyclic esters (lactones) is 1. The smallest absolute Gasteiger partial charge is 0.339 e. The van der Waals surface area contributed by atoms with Crippen molar-refractivity contribution in [1.82, 2.24) is 0 Å². The molecule has 0 bridgehead atoms. The third-order valence-electron chi connectivity index (χ3n) is 6.24. The lowest BCUT2D eigenvalue weighted by atomic mass is 9.64. The van der Waals surface area contributed by atoms with Gasteiger partial charge in [0.25, 0.3) is 0 Å². The summed E-state index contributed by atoms with van der Waals surface area (Å²) < 4.78 is 32.8. The summed E-state index contributed by atoms with van der Waals surface area (Å²) in [6.07, 6.45) is 0.495. The summed E-state index contributed by atoms with van der Waals surface area (Å²) in [7, 11) is 4.57. The van der Waals surface area contributed by atoms with Gasteiger partial charge in [0.1, 0.15) is 0 Å². The van der Waals surface area contributed by atoms with Gasteiger partial charge in [-0.1, -0.05) is 0 Å². The maximum absolute atomic E-state index is 12.8. The van der Waals surface area contributed by atoms with Crippen molar-refractivity contribution < 1.29 is 38.3 Å². The lowest BCUT2D eigenvalue weighted by Crippen LogP contribution is -2.50. The summed E-state index contributed by atoms with van der Waals surface area (Å²) in [5.41, 5.74) is 0.693. The predicted octanol–water partition coefficient (Wildman–Crippen LogP) is 2.03. The van der Waals surface area contributed by atoms with Gasteiger partial charge in [-0.3, -0.25) is 0 Å². The van der Waals surface area contributed by atoms with Gasteiger partial charge in [-0.25, -0.2) is 4.79 Å². The lowest BCUT2D eigenvalue weighted by Gasteiger charge is -2.40. The van der Waals surface area contributed by atoms with E-state index in [0.717, 1.165) is 11.1 Å². The van der Waals surface area contributed by atoms with Gasteiger partial charge in [0.15, 0.2) is 28.6 Å². The number of aliphatic hydroxyl groups is 1. The Labute approximate surface area is 173 Å². The second-order valence-corrected chi connectivity index (χ2v) is 7.62. The van der Waals surface area contributed by atoms with E-state index in [2.05, 4.69) is 0 Å². The summed E-state index contributed by atoms with van der Waals surface area (Å²) in [5.74, 6) is 0.828. The van der Waals surface area contributed by atoms with Gasteiger partial charge in [0, 0.05) is 11.8 Å². The number of ether oxygens (including phenoxy) is 6. The van der Waals surface area contributed by atoms with Crippen LogP contribution in [0, 0.1) is 5.92 Å². The van der Waals surface area contributed by atoms with Crippen LogP contribution in [0.15, 0.2) is 24.3 Å². The quantitative estimate of drug-likeness (QED) is 0.760. The van der Waals surface area contributed by atoms with Gasteiger partial charge in [0.05, 0.1) is 27.9 Å². The Morgan fingerprint density at radius 3 is 2.27 bits per heavy atom. The molecule has 0 spiro atoms. The average Bonchev–Trinajstić information content (AvgIpc) is 3.33. The van der Waals surface area contributed by atoms with Crippen molar-refractivity contribution in [3.05, 3.63) is 41.0 Å². The zero-order chi connectivity index (χ0) is 21.0. The Bertz CT molecular complexity index is 1010. The first-order chi connectivity index (χ1) is 14.5. The van der Waals surface area contributed by atoms with Gasteiger partial charge in [-0.2, -0.15) is 0 Å². The molecule has 1 fully saturated rings. The normalized spacial score (nSPS) is 25.9.